The normalized spacial score (nSPS) is 11.6. The van der Waals surface area contributed by atoms with E-state index in [1.54, 1.807) is 0 Å². The highest BCUT2D eigenvalue weighted by Gasteiger charge is 1.98. The molecule has 0 unspecified atom stereocenters. The van der Waals surface area contributed by atoms with Gasteiger partial charge in [-0.15, -0.1) is 0 Å². The summed E-state index contributed by atoms with van der Waals surface area (Å²) in [6.07, 6.45) is 28.4. The molecular formula is C30H46. The van der Waals surface area contributed by atoms with Crippen LogP contribution in [0.3, 0.4) is 0 Å². The van der Waals surface area contributed by atoms with Gasteiger partial charge in [-0.3, -0.25) is 0 Å². The number of rotatable bonds is 18. The van der Waals surface area contributed by atoms with Crippen molar-refractivity contribution in [3.05, 3.63) is 60.2 Å². The highest BCUT2D eigenvalue weighted by Crippen LogP contribution is 2.18. The number of hydrogen-bond donors (Lipinski definition) is 0. The van der Waals surface area contributed by atoms with Gasteiger partial charge in [0.25, 0.3) is 0 Å². The van der Waals surface area contributed by atoms with Crippen molar-refractivity contribution in [2.75, 3.05) is 0 Å². The quantitative estimate of drug-likeness (QED) is 0.170. The van der Waals surface area contributed by atoms with Crippen LogP contribution in [0.5, 0.6) is 0 Å². The van der Waals surface area contributed by atoms with E-state index in [0.29, 0.717) is 0 Å². The van der Waals surface area contributed by atoms with E-state index in [1.807, 2.05) is 0 Å². The minimum Gasteiger partial charge on any atom is -0.0885 e. The van der Waals surface area contributed by atoms with Crippen LogP contribution in [0.1, 0.15) is 115 Å². The highest BCUT2D eigenvalue weighted by atomic mass is 14.0. The molecule has 0 fully saturated rings. The lowest BCUT2D eigenvalue weighted by Gasteiger charge is -2.05. The van der Waals surface area contributed by atoms with Crippen molar-refractivity contribution in [2.24, 2.45) is 0 Å². The summed E-state index contributed by atoms with van der Waals surface area (Å²) in [6.45, 7) is 2.25. The molecule has 0 spiro atoms. The lowest BCUT2D eigenvalue weighted by Crippen LogP contribution is -1.87. The summed E-state index contributed by atoms with van der Waals surface area (Å²) in [6, 6.07) is 15.7. The van der Waals surface area contributed by atoms with E-state index in [-0.39, 0.29) is 0 Å². The zero-order valence-electron chi connectivity index (χ0n) is 19.7. The average molecular weight is 407 g/mol. The molecule has 0 saturated heterocycles. The maximum absolute atomic E-state index is 2.38. The Morgan fingerprint density at radius 1 is 0.533 bits per heavy atom. The molecule has 0 heterocycles. The van der Waals surface area contributed by atoms with Crippen LogP contribution in [0.2, 0.25) is 0 Å². The van der Waals surface area contributed by atoms with Gasteiger partial charge in [0.15, 0.2) is 0 Å². The first-order valence-electron chi connectivity index (χ1n) is 13.0. The van der Waals surface area contributed by atoms with Crippen molar-refractivity contribution in [1.82, 2.24) is 0 Å². The molecule has 2 aromatic carbocycles. The third kappa shape index (κ3) is 11.6. The Morgan fingerprint density at radius 3 is 1.70 bits per heavy atom. The molecule has 166 valence electrons. The summed E-state index contributed by atoms with van der Waals surface area (Å²) >= 11 is 0. The van der Waals surface area contributed by atoms with E-state index < -0.39 is 0 Å². The number of hydrogen-bond acceptors (Lipinski definition) is 0. The van der Waals surface area contributed by atoms with Crippen molar-refractivity contribution in [2.45, 2.75) is 116 Å². The first-order valence-corrected chi connectivity index (χ1v) is 13.0. The third-order valence-electron chi connectivity index (χ3n) is 6.27. The summed E-state index contributed by atoms with van der Waals surface area (Å²) < 4.78 is 0. The maximum atomic E-state index is 2.38. The maximum Gasteiger partial charge on any atom is -0.0181 e. The molecule has 0 aliphatic heterocycles. The van der Waals surface area contributed by atoms with Crippen molar-refractivity contribution >= 4 is 10.8 Å². The van der Waals surface area contributed by atoms with Crippen LogP contribution in [0.15, 0.2) is 54.6 Å². The zero-order chi connectivity index (χ0) is 21.1. The van der Waals surface area contributed by atoms with Crippen molar-refractivity contribution in [3.63, 3.8) is 0 Å². The molecule has 0 amide bonds. The number of aryl methyl sites for hydroxylation is 1. The third-order valence-corrected chi connectivity index (χ3v) is 6.27. The van der Waals surface area contributed by atoms with Crippen molar-refractivity contribution < 1.29 is 0 Å². The molecule has 0 heteroatoms. The van der Waals surface area contributed by atoms with Gasteiger partial charge in [-0.2, -0.15) is 0 Å². The smallest absolute Gasteiger partial charge is 0.0181 e. The predicted molar refractivity (Wildman–Crippen MR) is 136 cm³/mol. The van der Waals surface area contributed by atoms with Crippen LogP contribution in [-0.2, 0) is 6.42 Å². The zero-order valence-corrected chi connectivity index (χ0v) is 19.7. The summed E-state index contributed by atoms with van der Waals surface area (Å²) in [5.41, 5.74) is 1.50. The molecule has 0 radical (unpaired) electrons. The lowest BCUT2D eigenvalue weighted by molar-refractivity contribution is 0.537. The first-order chi connectivity index (χ1) is 14.9. The monoisotopic (exact) mass is 406 g/mol. The van der Waals surface area contributed by atoms with E-state index in [1.165, 1.54) is 125 Å². The number of allylic oxidation sites excluding steroid dienone is 2. The van der Waals surface area contributed by atoms with Crippen molar-refractivity contribution in [3.8, 4) is 0 Å². The van der Waals surface area contributed by atoms with Gasteiger partial charge < -0.3 is 0 Å². The van der Waals surface area contributed by atoms with Gasteiger partial charge in [-0.1, -0.05) is 139 Å². The van der Waals surface area contributed by atoms with E-state index in [0.717, 1.165) is 0 Å². The molecule has 0 saturated carbocycles. The summed E-state index contributed by atoms with van der Waals surface area (Å²) in [4.78, 5) is 0. The predicted octanol–water partition coefficient (Wildman–Crippen LogP) is 10.2. The van der Waals surface area contributed by atoms with E-state index >= 15 is 0 Å². The Labute approximate surface area is 187 Å². The van der Waals surface area contributed by atoms with Gasteiger partial charge in [-0.05, 0) is 48.4 Å². The summed E-state index contributed by atoms with van der Waals surface area (Å²) in [7, 11) is 0. The second kappa shape index (κ2) is 17.2. The van der Waals surface area contributed by atoms with Crippen LogP contribution < -0.4 is 0 Å². The number of fused-ring (bicyclic) bond motifs is 1. The van der Waals surface area contributed by atoms with Gasteiger partial charge in [-0.25, -0.2) is 0 Å². The number of benzene rings is 2. The van der Waals surface area contributed by atoms with Crippen LogP contribution in [0, 0.1) is 0 Å². The Balaban J connectivity index is 1.32. The minimum absolute atomic E-state index is 1.24. The Morgan fingerprint density at radius 2 is 1.07 bits per heavy atom. The van der Waals surface area contributed by atoms with Crippen molar-refractivity contribution in [1.29, 1.82) is 0 Å². The molecule has 0 nitrogen and oxygen atoms in total. The largest absolute Gasteiger partial charge is 0.0885 e. The fraction of sp³-hybridized carbons (Fsp3) is 0.600. The van der Waals surface area contributed by atoms with Gasteiger partial charge in [0.2, 0.25) is 0 Å². The van der Waals surface area contributed by atoms with Gasteiger partial charge >= 0.3 is 0 Å². The van der Waals surface area contributed by atoms with E-state index in [2.05, 4.69) is 61.5 Å². The van der Waals surface area contributed by atoms with E-state index in [4.69, 9.17) is 0 Å². The molecule has 0 aliphatic carbocycles. The number of unbranched alkanes of at least 4 members (excludes halogenated alkanes) is 14. The minimum atomic E-state index is 1.24. The SMILES string of the molecule is CCC/C=C/CCCCCCCCCCCCCCCc1ccc2ccccc2c1. The molecule has 0 bridgehead atoms. The molecule has 0 aliphatic rings. The lowest BCUT2D eigenvalue weighted by atomic mass is 10.0. The second-order valence-electron chi connectivity index (χ2n) is 9.08. The summed E-state index contributed by atoms with van der Waals surface area (Å²) in [5, 5.41) is 2.74. The second-order valence-corrected chi connectivity index (χ2v) is 9.08. The fourth-order valence-corrected chi connectivity index (χ4v) is 4.33. The molecule has 0 atom stereocenters. The molecule has 2 rings (SSSR count). The molecular weight excluding hydrogens is 360 g/mol. The molecule has 30 heavy (non-hydrogen) atoms. The highest BCUT2D eigenvalue weighted by molar-refractivity contribution is 5.82. The van der Waals surface area contributed by atoms with Gasteiger partial charge in [0.1, 0.15) is 0 Å². The first kappa shape index (κ1) is 24.7. The van der Waals surface area contributed by atoms with Crippen LogP contribution in [0.25, 0.3) is 10.8 Å². The van der Waals surface area contributed by atoms with Crippen LogP contribution in [-0.4, -0.2) is 0 Å². The Bertz CT molecular complexity index is 681. The molecule has 0 aromatic heterocycles. The van der Waals surface area contributed by atoms with Gasteiger partial charge in [0.05, 0.1) is 0 Å². The standard InChI is InChI=1S/C30H46/c1-2-3-4-5-6-7-8-9-10-11-12-13-14-15-16-17-18-19-22-28-25-26-29-23-20-21-24-30(29)27-28/h4-5,20-21,23-27H,2-3,6-19,22H2,1H3/b5-4+. The Hall–Kier alpha value is -1.56. The summed E-state index contributed by atoms with van der Waals surface area (Å²) in [5.74, 6) is 0. The average Bonchev–Trinajstić information content (AvgIpc) is 2.78. The molecule has 0 N–H and O–H groups in total. The van der Waals surface area contributed by atoms with E-state index in [9.17, 15) is 0 Å². The fourth-order valence-electron chi connectivity index (χ4n) is 4.33. The Kier molecular flexibility index (Phi) is 14.1. The van der Waals surface area contributed by atoms with Crippen LogP contribution >= 0.6 is 0 Å². The molecule has 2 aromatic rings. The topological polar surface area (TPSA) is 0 Å². The van der Waals surface area contributed by atoms with Gasteiger partial charge in [0, 0.05) is 0 Å². The van der Waals surface area contributed by atoms with Crippen LogP contribution in [0.4, 0.5) is 0 Å².